The summed E-state index contributed by atoms with van der Waals surface area (Å²) in [6.07, 6.45) is 5.33. The molecule has 1 aliphatic heterocycles. The normalized spacial score (nSPS) is 14.1. The lowest BCUT2D eigenvalue weighted by Crippen LogP contribution is -2.29. The summed E-state index contributed by atoms with van der Waals surface area (Å²) in [6, 6.07) is 9.06. The number of nitrogens with one attached hydrogen (secondary N) is 1. The lowest BCUT2D eigenvalue weighted by Gasteiger charge is -2.28. The van der Waals surface area contributed by atoms with Crippen molar-refractivity contribution in [1.82, 2.24) is 4.98 Å². The van der Waals surface area contributed by atoms with Gasteiger partial charge in [-0.2, -0.15) is 0 Å². The third-order valence-corrected chi connectivity index (χ3v) is 4.35. The van der Waals surface area contributed by atoms with Crippen LogP contribution in [-0.4, -0.2) is 38.2 Å². The van der Waals surface area contributed by atoms with Gasteiger partial charge in [0.25, 0.3) is 5.91 Å². The van der Waals surface area contributed by atoms with E-state index in [4.69, 9.17) is 9.47 Å². The standard InChI is InChI=1S/C19H23N3O3/c1-24-15-6-7-16(18(13-15)25-2)21-19(23)17-12-14(8-9-20-17)22-10-4-3-5-11-22/h6-9,12-13H,3-5,10-11H2,1-2H3,(H,21,23). The predicted molar refractivity (Wildman–Crippen MR) is 97.8 cm³/mol. The Hall–Kier alpha value is -2.76. The number of carbonyl (C=O) groups excluding carboxylic acids is 1. The van der Waals surface area contributed by atoms with E-state index in [1.54, 1.807) is 38.6 Å². The van der Waals surface area contributed by atoms with Crippen LogP contribution in [0.5, 0.6) is 11.5 Å². The van der Waals surface area contributed by atoms with Crippen LogP contribution >= 0.6 is 0 Å². The summed E-state index contributed by atoms with van der Waals surface area (Å²) in [6.45, 7) is 2.05. The quantitative estimate of drug-likeness (QED) is 0.904. The molecule has 6 nitrogen and oxygen atoms in total. The first-order valence-electron chi connectivity index (χ1n) is 8.45. The highest BCUT2D eigenvalue weighted by molar-refractivity contribution is 6.04. The molecule has 1 aromatic carbocycles. The van der Waals surface area contributed by atoms with Crippen molar-refractivity contribution in [2.24, 2.45) is 0 Å². The van der Waals surface area contributed by atoms with Crippen LogP contribution in [0.3, 0.4) is 0 Å². The topological polar surface area (TPSA) is 63.7 Å². The molecule has 0 spiro atoms. The average Bonchev–Trinajstić information content (AvgIpc) is 2.69. The molecule has 1 saturated heterocycles. The van der Waals surface area contributed by atoms with Gasteiger partial charge in [0.2, 0.25) is 0 Å². The highest BCUT2D eigenvalue weighted by atomic mass is 16.5. The molecule has 3 rings (SSSR count). The molecular formula is C19H23N3O3. The van der Waals surface area contributed by atoms with Crippen LogP contribution in [0.2, 0.25) is 0 Å². The van der Waals surface area contributed by atoms with Crippen molar-refractivity contribution in [3.8, 4) is 11.5 Å². The van der Waals surface area contributed by atoms with E-state index in [0.717, 1.165) is 18.8 Å². The van der Waals surface area contributed by atoms with Gasteiger partial charge in [0.05, 0.1) is 19.9 Å². The van der Waals surface area contributed by atoms with Gasteiger partial charge in [-0.05, 0) is 43.5 Å². The van der Waals surface area contributed by atoms with Crippen molar-refractivity contribution in [2.75, 3.05) is 37.5 Å². The van der Waals surface area contributed by atoms with Crippen molar-refractivity contribution in [3.05, 3.63) is 42.2 Å². The molecule has 0 bridgehead atoms. The summed E-state index contributed by atoms with van der Waals surface area (Å²) in [5.74, 6) is 0.947. The van der Waals surface area contributed by atoms with Gasteiger partial charge in [-0.1, -0.05) is 0 Å². The number of rotatable bonds is 5. The molecule has 0 aliphatic carbocycles. The largest absolute Gasteiger partial charge is 0.497 e. The van der Waals surface area contributed by atoms with Crippen LogP contribution < -0.4 is 19.7 Å². The number of aromatic nitrogens is 1. The number of anilines is 2. The van der Waals surface area contributed by atoms with Gasteiger partial charge in [0, 0.05) is 31.0 Å². The predicted octanol–water partition coefficient (Wildman–Crippen LogP) is 3.34. The monoisotopic (exact) mass is 341 g/mol. The van der Waals surface area contributed by atoms with Crippen LogP contribution in [-0.2, 0) is 0 Å². The highest BCUT2D eigenvalue weighted by Crippen LogP contribution is 2.29. The molecule has 1 N–H and O–H groups in total. The van der Waals surface area contributed by atoms with E-state index >= 15 is 0 Å². The highest BCUT2D eigenvalue weighted by Gasteiger charge is 2.15. The van der Waals surface area contributed by atoms with E-state index in [2.05, 4.69) is 15.2 Å². The van der Waals surface area contributed by atoms with Crippen LogP contribution in [0.4, 0.5) is 11.4 Å². The van der Waals surface area contributed by atoms with Gasteiger partial charge < -0.3 is 19.7 Å². The molecule has 0 radical (unpaired) electrons. The van der Waals surface area contributed by atoms with Crippen LogP contribution in [0, 0.1) is 0 Å². The van der Waals surface area contributed by atoms with Crippen LogP contribution in [0.25, 0.3) is 0 Å². The first-order chi connectivity index (χ1) is 12.2. The number of piperidine rings is 1. The number of hydrogen-bond acceptors (Lipinski definition) is 5. The second kappa shape index (κ2) is 7.88. The molecule has 6 heteroatoms. The Kier molecular flexibility index (Phi) is 5.38. The number of methoxy groups -OCH3 is 2. The molecule has 0 atom stereocenters. The van der Waals surface area contributed by atoms with E-state index in [1.807, 2.05) is 12.1 Å². The van der Waals surface area contributed by atoms with Gasteiger partial charge in [-0.15, -0.1) is 0 Å². The third-order valence-electron chi connectivity index (χ3n) is 4.35. The molecule has 2 heterocycles. The van der Waals surface area contributed by atoms with Crippen molar-refractivity contribution < 1.29 is 14.3 Å². The molecule has 1 aromatic heterocycles. The first-order valence-corrected chi connectivity index (χ1v) is 8.45. The molecule has 1 fully saturated rings. The zero-order valence-corrected chi connectivity index (χ0v) is 14.6. The minimum Gasteiger partial charge on any atom is -0.497 e. The van der Waals surface area contributed by atoms with Crippen molar-refractivity contribution >= 4 is 17.3 Å². The maximum absolute atomic E-state index is 12.6. The number of nitrogens with zero attached hydrogens (tertiary/aromatic N) is 2. The molecule has 25 heavy (non-hydrogen) atoms. The van der Waals surface area contributed by atoms with Crippen molar-refractivity contribution in [3.63, 3.8) is 0 Å². The lowest BCUT2D eigenvalue weighted by molar-refractivity contribution is 0.102. The average molecular weight is 341 g/mol. The molecule has 0 saturated carbocycles. The summed E-state index contributed by atoms with van der Waals surface area (Å²) in [4.78, 5) is 19.1. The number of pyridine rings is 1. The lowest BCUT2D eigenvalue weighted by atomic mass is 10.1. The van der Waals surface area contributed by atoms with Crippen LogP contribution in [0.15, 0.2) is 36.5 Å². The molecule has 2 aromatic rings. The first kappa shape index (κ1) is 17.1. The van der Waals surface area contributed by atoms with Gasteiger partial charge >= 0.3 is 0 Å². The van der Waals surface area contributed by atoms with E-state index in [9.17, 15) is 4.79 Å². The molecule has 1 aliphatic rings. The molecular weight excluding hydrogens is 318 g/mol. The zero-order chi connectivity index (χ0) is 17.6. The van der Waals surface area contributed by atoms with Gasteiger partial charge in [0.15, 0.2) is 0 Å². The number of hydrogen-bond donors (Lipinski definition) is 1. The van der Waals surface area contributed by atoms with Crippen LogP contribution in [0.1, 0.15) is 29.8 Å². The van der Waals surface area contributed by atoms with E-state index in [1.165, 1.54) is 19.3 Å². The number of benzene rings is 1. The van der Waals surface area contributed by atoms with E-state index in [-0.39, 0.29) is 5.91 Å². The Labute approximate surface area is 147 Å². The number of amides is 1. The van der Waals surface area contributed by atoms with E-state index in [0.29, 0.717) is 22.9 Å². The Morgan fingerprint density at radius 3 is 2.60 bits per heavy atom. The second-order valence-electron chi connectivity index (χ2n) is 5.97. The van der Waals surface area contributed by atoms with Gasteiger partial charge in [0.1, 0.15) is 17.2 Å². The molecule has 132 valence electrons. The minimum atomic E-state index is -0.262. The SMILES string of the molecule is COc1ccc(NC(=O)c2cc(N3CCCCC3)ccn2)c(OC)c1. The third kappa shape index (κ3) is 4.02. The van der Waals surface area contributed by atoms with Gasteiger partial charge in [-0.25, -0.2) is 0 Å². The summed E-state index contributed by atoms with van der Waals surface area (Å²) in [5, 5.41) is 2.86. The maximum atomic E-state index is 12.6. The fraction of sp³-hybridized carbons (Fsp3) is 0.368. The fourth-order valence-electron chi connectivity index (χ4n) is 2.98. The molecule has 1 amide bonds. The summed E-state index contributed by atoms with van der Waals surface area (Å²) < 4.78 is 10.5. The summed E-state index contributed by atoms with van der Waals surface area (Å²) in [7, 11) is 3.14. The fourth-order valence-corrected chi connectivity index (χ4v) is 2.98. The number of carbonyl (C=O) groups is 1. The Morgan fingerprint density at radius 1 is 1.08 bits per heavy atom. The summed E-state index contributed by atoms with van der Waals surface area (Å²) >= 11 is 0. The minimum absolute atomic E-state index is 0.262. The Balaban J connectivity index is 1.77. The van der Waals surface area contributed by atoms with Crippen molar-refractivity contribution in [2.45, 2.75) is 19.3 Å². The zero-order valence-electron chi connectivity index (χ0n) is 14.6. The maximum Gasteiger partial charge on any atom is 0.274 e. The Bertz CT molecular complexity index is 742. The number of ether oxygens (including phenoxy) is 2. The van der Waals surface area contributed by atoms with Crippen molar-refractivity contribution in [1.29, 1.82) is 0 Å². The van der Waals surface area contributed by atoms with Gasteiger partial charge in [-0.3, -0.25) is 9.78 Å². The summed E-state index contributed by atoms with van der Waals surface area (Å²) in [5.41, 5.74) is 2.01. The second-order valence-corrected chi connectivity index (χ2v) is 5.97. The van der Waals surface area contributed by atoms with E-state index < -0.39 is 0 Å². The molecule has 0 unspecified atom stereocenters. The smallest absolute Gasteiger partial charge is 0.274 e. The Morgan fingerprint density at radius 2 is 1.88 bits per heavy atom.